The number of amides is 1. The van der Waals surface area contributed by atoms with Gasteiger partial charge in [-0.2, -0.15) is 0 Å². The van der Waals surface area contributed by atoms with E-state index in [4.69, 9.17) is 39.5 Å². The largest absolute Gasteiger partial charge is 0.497 e. The zero-order chi connectivity index (χ0) is 21.5. The maximum Gasteiger partial charge on any atom is 0.252 e. The molecule has 0 radical (unpaired) electrons. The van der Waals surface area contributed by atoms with Crippen molar-refractivity contribution in [2.45, 2.75) is 28.8 Å². The fourth-order valence-corrected chi connectivity index (χ4v) is 5.05. The smallest absolute Gasteiger partial charge is 0.252 e. The van der Waals surface area contributed by atoms with Crippen LogP contribution in [0, 0.1) is 5.92 Å². The van der Waals surface area contributed by atoms with Crippen molar-refractivity contribution in [3.63, 3.8) is 0 Å². The Bertz CT molecular complexity index is 987. The Morgan fingerprint density at radius 3 is 2.53 bits per heavy atom. The number of carbonyl (C=O) groups is 1. The van der Waals surface area contributed by atoms with Crippen LogP contribution in [0.3, 0.4) is 0 Å². The van der Waals surface area contributed by atoms with Crippen LogP contribution in [-0.2, 0) is 6.54 Å². The molecular weight excluding hydrogens is 449 g/mol. The van der Waals surface area contributed by atoms with Crippen molar-refractivity contribution < 1.29 is 9.53 Å². The average molecular weight is 471 g/mol. The van der Waals surface area contributed by atoms with E-state index in [9.17, 15) is 9.59 Å². The predicted molar refractivity (Wildman–Crippen MR) is 118 cm³/mol. The van der Waals surface area contributed by atoms with Crippen LogP contribution in [0.1, 0.15) is 28.4 Å². The van der Waals surface area contributed by atoms with Crippen molar-refractivity contribution in [3.8, 4) is 5.75 Å². The summed E-state index contributed by atoms with van der Waals surface area (Å²) in [4.78, 5) is 27.1. The molecule has 2 aliphatic rings. The van der Waals surface area contributed by atoms with E-state index < -0.39 is 9.96 Å². The van der Waals surface area contributed by atoms with E-state index in [0.717, 1.165) is 12.1 Å². The fraction of sp³-hybridized carbons (Fsp3) is 0.429. The summed E-state index contributed by atoms with van der Waals surface area (Å²) in [6, 6.07) is 12.1. The highest BCUT2D eigenvalue weighted by Gasteiger charge is 2.44. The van der Waals surface area contributed by atoms with Gasteiger partial charge >= 0.3 is 0 Å². The van der Waals surface area contributed by atoms with Crippen LogP contribution in [0.2, 0.25) is 0 Å². The van der Waals surface area contributed by atoms with E-state index in [0.29, 0.717) is 30.9 Å². The Labute approximate surface area is 189 Å². The van der Waals surface area contributed by atoms with E-state index in [1.54, 1.807) is 43.5 Å². The second-order valence-electron chi connectivity index (χ2n) is 7.80. The van der Waals surface area contributed by atoms with Crippen molar-refractivity contribution in [2.75, 3.05) is 20.2 Å². The minimum Gasteiger partial charge on any atom is -0.497 e. The zero-order valence-electron chi connectivity index (χ0n) is 16.4. The molecule has 3 atom stereocenters. The molecule has 1 N–H and O–H groups in total. The third-order valence-corrected chi connectivity index (χ3v) is 6.42. The molecule has 0 aliphatic carbocycles. The van der Waals surface area contributed by atoms with Gasteiger partial charge in [-0.25, -0.2) is 0 Å². The molecule has 2 bridgehead atoms. The van der Waals surface area contributed by atoms with E-state index in [1.807, 2.05) is 15.5 Å². The molecule has 1 aromatic carbocycles. The highest BCUT2D eigenvalue weighted by Crippen LogP contribution is 2.40. The molecule has 3 heterocycles. The van der Waals surface area contributed by atoms with Gasteiger partial charge in [-0.3, -0.25) is 14.5 Å². The molecule has 6 nitrogen and oxygen atoms in total. The molecule has 4 rings (SSSR count). The van der Waals surface area contributed by atoms with Crippen molar-refractivity contribution in [1.29, 1.82) is 0 Å². The molecule has 0 spiro atoms. The number of ether oxygens (including phenoxy) is 1. The number of likely N-dealkylation sites (tertiary alicyclic amines) is 1. The van der Waals surface area contributed by atoms with Gasteiger partial charge in [0.15, 0.2) is 0 Å². The van der Waals surface area contributed by atoms with Gasteiger partial charge in [0.05, 0.1) is 7.11 Å². The fourth-order valence-electron chi connectivity index (χ4n) is 4.47. The van der Waals surface area contributed by atoms with Crippen LogP contribution in [-0.4, -0.2) is 45.5 Å². The first-order valence-electron chi connectivity index (χ1n) is 9.71. The Kier molecular flexibility index (Phi) is 6.04. The summed E-state index contributed by atoms with van der Waals surface area (Å²) in [6.45, 7) is 1.83. The molecular formula is C21H22Cl3N3O3. The highest BCUT2D eigenvalue weighted by molar-refractivity contribution is 6.68. The number of nitrogens with one attached hydrogen (secondary N) is 1. The summed E-state index contributed by atoms with van der Waals surface area (Å²) < 4.78 is 5.26. The third-order valence-electron chi connectivity index (χ3n) is 5.80. The molecule has 0 saturated carbocycles. The number of aromatic nitrogens is 1. The summed E-state index contributed by atoms with van der Waals surface area (Å²) in [7, 11) is 1.56. The number of hydrogen-bond donors (Lipinski definition) is 1. The summed E-state index contributed by atoms with van der Waals surface area (Å²) >= 11 is 18.9. The first-order valence-corrected chi connectivity index (χ1v) is 10.8. The van der Waals surface area contributed by atoms with E-state index in [2.05, 4.69) is 5.32 Å². The number of halogens is 3. The second-order valence-corrected chi connectivity index (χ2v) is 10.2. The molecule has 1 fully saturated rings. The number of nitrogens with zero attached hydrogens (tertiary/aromatic N) is 2. The number of benzene rings is 1. The van der Waals surface area contributed by atoms with Crippen molar-refractivity contribution >= 4 is 40.7 Å². The lowest BCUT2D eigenvalue weighted by molar-refractivity contribution is 0.0586. The lowest BCUT2D eigenvalue weighted by Gasteiger charge is -2.47. The molecule has 1 unspecified atom stereocenters. The number of methoxy groups -OCH3 is 1. The Hall–Kier alpha value is -1.73. The van der Waals surface area contributed by atoms with E-state index >= 15 is 0 Å². The molecule has 1 amide bonds. The first-order chi connectivity index (χ1) is 14.3. The molecule has 1 aromatic heterocycles. The average Bonchev–Trinajstić information content (AvgIpc) is 2.71. The molecule has 2 aromatic rings. The topological polar surface area (TPSA) is 63.6 Å². The van der Waals surface area contributed by atoms with Gasteiger partial charge in [0.1, 0.15) is 11.9 Å². The van der Waals surface area contributed by atoms with Crippen LogP contribution < -0.4 is 15.6 Å². The number of hydrogen-bond acceptors (Lipinski definition) is 4. The second kappa shape index (κ2) is 8.42. The van der Waals surface area contributed by atoms with Crippen LogP contribution in [0.5, 0.6) is 5.75 Å². The van der Waals surface area contributed by atoms with E-state index in [-0.39, 0.29) is 23.3 Å². The van der Waals surface area contributed by atoms with Crippen LogP contribution in [0.25, 0.3) is 0 Å². The summed E-state index contributed by atoms with van der Waals surface area (Å²) in [6.07, 6.45) is 0.170. The summed E-state index contributed by atoms with van der Waals surface area (Å²) in [5.41, 5.74) is 1.46. The number of fused-ring (bicyclic) bond motifs is 4. The Morgan fingerprint density at radius 1 is 1.13 bits per heavy atom. The number of piperidine rings is 1. The first kappa shape index (κ1) is 21.5. The van der Waals surface area contributed by atoms with Crippen LogP contribution in [0.4, 0.5) is 0 Å². The maximum atomic E-state index is 12.8. The van der Waals surface area contributed by atoms with Gasteiger partial charge in [-0.1, -0.05) is 40.9 Å². The Morgan fingerprint density at radius 2 is 1.87 bits per heavy atom. The number of pyridine rings is 1. The predicted octanol–water partition coefficient (Wildman–Crippen LogP) is 3.40. The van der Waals surface area contributed by atoms with Crippen molar-refractivity contribution in [1.82, 2.24) is 14.8 Å². The maximum absolute atomic E-state index is 12.8. The lowest BCUT2D eigenvalue weighted by Crippen LogP contribution is -2.60. The highest BCUT2D eigenvalue weighted by atomic mass is 35.6. The zero-order valence-corrected chi connectivity index (χ0v) is 18.6. The van der Waals surface area contributed by atoms with Crippen molar-refractivity contribution in [3.05, 3.63) is 64.1 Å². The number of alkyl halides is 3. The quantitative estimate of drug-likeness (QED) is 0.696. The van der Waals surface area contributed by atoms with E-state index in [1.165, 1.54) is 0 Å². The molecule has 160 valence electrons. The van der Waals surface area contributed by atoms with Gasteiger partial charge in [-0.05, 0) is 42.7 Å². The minimum absolute atomic E-state index is 0.0152. The summed E-state index contributed by atoms with van der Waals surface area (Å²) in [5.74, 6) is 0.701. The monoisotopic (exact) mass is 469 g/mol. The number of carbonyl (C=O) groups excluding carboxylic acids is 1. The minimum atomic E-state index is -1.72. The third kappa shape index (κ3) is 4.33. The molecule has 2 aliphatic heterocycles. The lowest BCUT2D eigenvalue weighted by atomic mass is 9.83. The van der Waals surface area contributed by atoms with Gasteiger partial charge in [0, 0.05) is 42.9 Å². The standard InChI is InChI=1S/C21H22Cl3N3O3/c1-30-16-7-5-14(6-8-16)19(29)25-20(21(22,23)24)26-10-13-9-15(12-26)17-3-2-4-18(28)27(17)11-13/h2-8,13,15,20H,9-12H2,1H3,(H,25,29)/t13-,15+,20?/m1/s1. The van der Waals surface area contributed by atoms with Crippen molar-refractivity contribution in [2.24, 2.45) is 5.92 Å². The van der Waals surface area contributed by atoms with Gasteiger partial charge in [-0.15, -0.1) is 0 Å². The number of rotatable bonds is 4. The van der Waals surface area contributed by atoms with Gasteiger partial charge < -0.3 is 14.6 Å². The van der Waals surface area contributed by atoms with Crippen LogP contribution in [0.15, 0.2) is 47.3 Å². The molecule has 1 saturated heterocycles. The van der Waals surface area contributed by atoms with Gasteiger partial charge in [0.2, 0.25) is 3.79 Å². The normalized spacial score (nSPS) is 22.1. The van der Waals surface area contributed by atoms with Crippen LogP contribution >= 0.6 is 34.8 Å². The summed E-state index contributed by atoms with van der Waals surface area (Å²) in [5, 5.41) is 2.89. The SMILES string of the molecule is COc1ccc(C(=O)NC(N2C[C@H]3C[C@@H](C2)c2cccc(=O)n2C3)C(Cl)(Cl)Cl)cc1. The molecule has 9 heteroatoms. The Balaban J connectivity index is 1.56. The van der Waals surface area contributed by atoms with Gasteiger partial charge in [0.25, 0.3) is 11.5 Å². The molecule has 30 heavy (non-hydrogen) atoms.